The molecule has 0 aromatic carbocycles. The van der Waals surface area contributed by atoms with E-state index in [1.54, 1.807) is 22.7 Å². The van der Waals surface area contributed by atoms with E-state index in [-0.39, 0.29) is 6.10 Å². The maximum atomic E-state index is 9.51. The number of thiophene rings is 1. The predicted molar refractivity (Wildman–Crippen MR) is 72.6 cm³/mol. The summed E-state index contributed by atoms with van der Waals surface area (Å²) in [6.45, 7) is 0. The minimum atomic E-state index is -0.0818. The Balaban J connectivity index is 1.76. The van der Waals surface area contributed by atoms with Crippen LogP contribution >= 0.6 is 22.7 Å². The molecule has 0 aliphatic heterocycles. The maximum absolute atomic E-state index is 9.51. The number of hydrogen-bond acceptors (Lipinski definition) is 4. The summed E-state index contributed by atoms with van der Waals surface area (Å²) in [7, 11) is 0. The third-order valence-electron chi connectivity index (χ3n) is 3.37. The minimum Gasteiger partial charge on any atom is -0.393 e. The molecule has 1 N–H and O–H groups in total. The Morgan fingerprint density at radius 3 is 2.71 bits per heavy atom. The Morgan fingerprint density at radius 1 is 1.18 bits per heavy atom. The first kappa shape index (κ1) is 11.4. The van der Waals surface area contributed by atoms with Crippen LogP contribution in [0.1, 0.15) is 37.3 Å². The Morgan fingerprint density at radius 2 is 2.00 bits per heavy atom. The molecule has 3 rings (SSSR count). The molecule has 1 saturated carbocycles. The van der Waals surface area contributed by atoms with Gasteiger partial charge in [-0.2, -0.15) is 0 Å². The summed E-state index contributed by atoms with van der Waals surface area (Å²) in [6.07, 6.45) is 3.93. The molecule has 1 aliphatic rings. The molecule has 2 heterocycles. The number of aliphatic hydroxyl groups excluding tert-OH is 1. The number of hydrogen-bond donors (Lipinski definition) is 1. The zero-order chi connectivity index (χ0) is 11.7. The molecular weight excluding hydrogens is 250 g/mol. The highest BCUT2D eigenvalue weighted by Crippen LogP contribution is 2.36. The van der Waals surface area contributed by atoms with E-state index in [4.69, 9.17) is 4.98 Å². The van der Waals surface area contributed by atoms with Crippen LogP contribution in [-0.4, -0.2) is 16.2 Å². The summed E-state index contributed by atoms with van der Waals surface area (Å²) >= 11 is 3.48. The molecule has 1 aliphatic carbocycles. The van der Waals surface area contributed by atoms with Gasteiger partial charge in [-0.15, -0.1) is 22.7 Å². The number of aromatic nitrogens is 1. The van der Waals surface area contributed by atoms with Crippen LogP contribution in [0.3, 0.4) is 0 Å². The molecule has 0 atom stereocenters. The fourth-order valence-electron chi connectivity index (χ4n) is 2.36. The lowest BCUT2D eigenvalue weighted by atomic mass is 9.86. The van der Waals surface area contributed by atoms with Gasteiger partial charge in [0.05, 0.1) is 16.7 Å². The summed E-state index contributed by atoms with van der Waals surface area (Å²) in [6, 6.07) is 4.19. The molecule has 0 saturated heterocycles. The van der Waals surface area contributed by atoms with E-state index in [2.05, 4.69) is 22.9 Å². The van der Waals surface area contributed by atoms with Gasteiger partial charge in [0.1, 0.15) is 5.01 Å². The maximum Gasteiger partial charge on any atom is 0.133 e. The highest BCUT2D eigenvalue weighted by molar-refractivity contribution is 7.20. The van der Waals surface area contributed by atoms with E-state index in [0.29, 0.717) is 5.92 Å². The monoisotopic (exact) mass is 265 g/mol. The van der Waals surface area contributed by atoms with Crippen molar-refractivity contribution in [2.24, 2.45) is 0 Å². The highest BCUT2D eigenvalue weighted by atomic mass is 32.1. The van der Waals surface area contributed by atoms with Crippen molar-refractivity contribution in [2.45, 2.75) is 37.7 Å². The molecule has 2 aromatic heterocycles. The van der Waals surface area contributed by atoms with Crippen molar-refractivity contribution in [3.63, 3.8) is 0 Å². The average molecular weight is 265 g/mol. The smallest absolute Gasteiger partial charge is 0.133 e. The van der Waals surface area contributed by atoms with Crippen LogP contribution in [0, 0.1) is 0 Å². The Labute approximate surface area is 109 Å². The number of aliphatic hydroxyl groups is 1. The summed E-state index contributed by atoms with van der Waals surface area (Å²) in [4.78, 5) is 6.01. The van der Waals surface area contributed by atoms with Gasteiger partial charge >= 0.3 is 0 Å². The van der Waals surface area contributed by atoms with Crippen molar-refractivity contribution < 1.29 is 5.11 Å². The van der Waals surface area contributed by atoms with Gasteiger partial charge in [0, 0.05) is 11.3 Å². The van der Waals surface area contributed by atoms with Crippen molar-refractivity contribution in [2.75, 3.05) is 0 Å². The Kier molecular flexibility index (Phi) is 3.27. The van der Waals surface area contributed by atoms with Crippen molar-refractivity contribution in [3.05, 3.63) is 28.6 Å². The standard InChI is InChI=1S/C13H15NOS2/c15-10-5-3-9(4-6-10)11-8-17-13(14-11)12-2-1-7-16-12/h1-2,7-10,15H,3-6H2. The number of rotatable bonds is 2. The lowest BCUT2D eigenvalue weighted by Gasteiger charge is -2.23. The SMILES string of the molecule is OC1CCC(c2csc(-c3cccs3)n2)CC1. The van der Waals surface area contributed by atoms with Gasteiger partial charge in [0.15, 0.2) is 0 Å². The zero-order valence-corrected chi connectivity index (χ0v) is 11.1. The van der Waals surface area contributed by atoms with E-state index in [0.717, 1.165) is 30.7 Å². The molecule has 1 fully saturated rings. The number of nitrogens with zero attached hydrogens (tertiary/aromatic N) is 1. The van der Waals surface area contributed by atoms with E-state index >= 15 is 0 Å². The summed E-state index contributed by atoms with van der Waals surface area (Å²) < 4.78 is 0. The topological polar surface area (TPSA) is 33.1 Å². The van der Waals surface area contributed by atoms with E-state index in [9.17, 15) is 5.11 Å². The largest absolute Gasteiger partial charge is 0.393 e. The summed E-state index contributed by atoms with van der Waals surface area (Å²) in [5, 5.41) is 14.9. The normalized spacial score (nSPS) is 25.0. The van der Waals surface area contributed by atoms with Crippen molar-refractivity contribution in [3.8, 4) is 9.88 Å². The van der Waals surface area contributed by atoms with E-state index < -0.39 is 0 Å². The van der Waals surface area contributed by atoms with Crippen LogP contribution in [0.2, 0.25) is 0 Å². The fourth-order valence-corrected chi connectivity index (χ4v) is 4.07. The van der Waals surface area contributed by atoms with Gasteiger partial charge in [-0.3, -0.25) is 0 Å². The highest BCUT2D eigenvalue weighted by Gasteiger charge is 2.22. The molecular formula is C13H15NOS2. The Bertz CT molecular complexity index is 469. The second-order valence-electron chi connectivity index (χ2n) is 4.56. The summed E-state index contributed by atoms with van der Waals surface area (Å²) in [5.74, 6) is 0.559. The molecule has 0 bridgehead atoms. The quantitative estimate of drug-likeness (QED) is 0.893. The first-order chi connectivity index (χ1) is 8.33. The summed E-state index contributed by atoms with van der Waals surface area (Å²) in [5.41, 5.74) is 1.23. The van der Waals surface area contributed by atoms with Crippen LogP contribution in [0.4, 0.5) is 0 Å². The van der Waals surface area contributed by atoms with Gasteiger partial charge in [-0.1, -0.05) is 6.07 Å². The molecule has 0 radical (unpaired) electrons. The Hall–Kier alpha value is -0.710. The minimum absolute atomic E-state index is 0.0818. The molecule has 90 valence electrons. The second kappa shape index (κ2) is 4.88. The third kappa shape index (κ3) is 2.44. The van der Waals surface area contributed by atoms with Gasteiger partial charge in [0.25, 0.3) is 0 Å². The van der Waals surface area contributed by atoms with E-state index in [1.165, 1.54) is 10.6 Å². The molecule has 0 spiro atoms. The zero-order valence-electron chi connectivity index (χ0n) is 9.50. The third-order valence-corrected chi connectivity index (χ3v) is 5.27. The molecule has 17 heavy (non-hydrogen) atoms. The lowest BCUT2D eigenvalue weighted by Crippen LogP contribution is -2.17. The predicted octanol–water partition coefficient (Wildman–Crippen LogP) is 3.89. The van der Waals surface area contributed by atoms with Crippen LogP contribution in [0.25, 0.3) is 9.88 Å². The molecule has 2 aromatic rings. The lowest BCUT2D eigenvalue weighted by molar-refractivity contribution is 0.122. The van der Waals surface area contributed by atoms with Gasteiger partial charge in [-0.05, 0) is 37.1 Å². The second-order valence-corrected chi connectivity index (χ2v) is 6.37. The molecule has 0 unspecified atom stereocenters. The van der Waals surface area contributed by atoms with Crippen LogP contribution < -0.4 is 0 Å². The average Bonchev–Trinajstić information content (AvgIpc) is 3.00. The van der Waals surface area contributed by atoms with Gasteiger partial charge in [-0.25, -0.2) is 4.98 Å². The van der Waals surface area contributed by atoms with Crippen molar-refractivity contribution in [1.82, 2.24) is 4.98 Å². The first-order valence-electron chi connectivity index (χ1n) is 6.00. The van der Waals surface area contributed by atoms with Crippen LogP contribution in [-0.2, 0) is 0 Å². The van der Waals surface area contributed by atoms with Crippen molar-refractivity contribution in [1.29, 1.82) is 0 Å². The van der Waals surface area contributed by atoms with Crippen LogP contribution in [0.15, 0.2) is 22.9 Å². The van der Waals surface area contributed by atoms with Crippen molar-refractivity contribution >= 4 is 22.7 Å². The first-order valence-corrected chi connectivity index (χ1v) is 7.76. The molecule has 2 nitrogen and oxygen atoms in total. The van der Waals surface area contributed by atoms with Gasteiger partial charge in [0.2, 0.25) is 0 Å². The molecule has 4 heteroatoms. The fraction of sp³-hybridized carbons (Fsp3) is 0.462. The van der Waals surface area contributed by atoms with Gasteiger partial charge < -0.3 is 5.11 Å². The molecule has 0 amide bonds. The number of thiazole rings is 1. The van der Waals surface area contributed by atoms with E-state index in [1.807, 2.05) is 0 Å². The van der Waals surface area contributed by atoms with Crippen LogP contribution in [0.5, 0.6) is 0 Å².